The van der Waals surface area contributed by atoms with E-state index in [1.807, 2.05) is 0 Å². The Morgan fingerprint density at radius 3 is 2.78 bits per heavy atom. The summed E-state index contributed by atoms with van der Waals surface area (Å²) in [5.41, 5.74) is 0.937. The molecule has 1 atom stereocenters. The van der Waals surface area contributed by atoms with Crippen LogP contribution in [-0.2, 0) is 11.3 Å². The molecule has 120 valence electrons. The molecule has 0 spiro atoms. The highest BCUT2D eigenvalue weighted by Gasteiger charge is 2.33. The number of aromatic nitrogens is 2. The summed E-state index contributed by atoms with van der Waals surface area (Å²) in [6.07, 6.45) is 3.09. The first-order valence-corrected chi connectivity index (χ1v) is 8.60. The Kier molecular flexibility index (Phi) is 3.72. The van der Waals surface area contributed by atoms with Gasteiger partial charge in [-0.3, -0.25) is 4.79 Å². The number of benzene rings is 1. The molecule has 1 saturated carbocycles. The zero-order valence-electron chi connectivity index (χ0n) is 12.5. The number of likely N-dealkylation sites (tertiary alicyclic amines) is 1. The molecule has 0 bridgehead atoms. The number of halogens is 1. The standard InChI is InChI=1S/C16H17FN4OS/c17-12-5-1-10(2-6-12)9-21-8-7-13(15(21)22)18-16-19-14(20-23-16)11-3-4-11/h1-2,5-6,11,13H,3-4,7-9H2,(H,18,19,20). The largest absolute Gasteiger partial charge is 0.348 e. The molecule has 1 aromatic heterocycles. The molecule has 1 unspecified atom stereocenters. The molecule has 0 radical (unpaired) electrons. The molecule has 2 aliphatic rings. The van der Waals surface area contributed by atoms with E-state index >= 15 is 0 Å². The van der Waals surface area contributed by atoms with Crippen LogP contribution in [0.15, 0.2) is 24.3 Å². The quantitative estimate of drug-likeness (QED) is 0.915. The van der Waals surface area contributed by atoms with E-state index in [2.05, 4.69) is 14.7 Å². The first-order valence-electron chi connectivity index (χ1n) is 7.82. The lowest BCUT2D eigenvalue weighted by Crippen LogP contribution is -2.33. The molecule has 1 aliphatic heterocycles. The van der Waals surface area contributed by atoms with Gasteiger partial charge in [0.1, 0.15) is 17.7 Å². The summed E-state index contributed by atoms with van der Waals surface area (Å²) >= 11 is 1.33. The van der Waals surface area contributed by atoms with Gasteiger partial charge in [0.15, 0.2) is 0 Å². The van der Waals surface area contributed by atoms with Crippen molar-refractivity contribution in [3.05, 3.63) is 41.5 Å². The second kappa shape index (κ2) is 5.88. The minimum Gasteiger partial charge on any atom is -0.348 e. The summed E-state index contributed by atoms with van der Waals surface area (Å²) in [5, 5.41) is 3.94. The normalized spacial score (nSPS) is 21.0. The van der Waals surface area contributed by atoms with Crippen LogP contribution >= 0.6 is 11.5 Å². The average molecular weight is 332 g/mol. The Labute approximate surface area is 137 Å². The molecule has 2 fully saturated rings. The molecule has 7 heteroatoms. The van der Waals surface area contributed by atoms with Crippen molar-refractivity contribution in [1.29, 1.82) is 0 Å². The minimum absolute atomic E-state index is 0.0671. The van der Waals surface area contributed by atoms with Crippen molar-refractivity contribution >= 4 is 22.6 Å². The lowest BCUT2D eigenvalue weighted by atomic mass is 10.2. The van der Waals surface area contributed by atoms with Crippen LogP contribution in [0, 0.1) is 5.82 Å². The molecular weight excluding hydrogens is 315 g/mol. The molecule has 1 N–H and O–H groups in total. The average Bonchev–Trinajstić information content (AvgIpc) is 3.22. The Morgan fingerprint density at radius 1 is 1.26 bits per heavy atom. The Balaban J connectivity index is 1.37. The maximum atomic E-state index is 12.9. The van der Waals surface area contributed by atoms with E-state index in [1.54, 1.807) is 17.0 Å². The van der Waals surface area contributed by atoms with Gasteiger partial charge >= 0.3 is 0 Å². The van der Waals surface area contributed by atoms with Crippen LogP contribution in [0.2, 0.25) is 0 Å². The van der Waals surface area contributed by atoms with Crippen molar-refractivity contribution in [2.75, 3.05) is 11.9 Å². The van der Waals surface area contributed by atoms with Crippen LogP contribution in [0.3, 0.4) is 0 Å². The lowest BCUT2D eigenvalue weighted by Gasteiger charge is -2.17. The van der Waals surface area contributed by atoms with Gasteiger partial charge in [0.05, 0.1) is 0 Å². The van der Waals surface area contributed by atoms with Gasteiger partial charge in [-0.1, -0.05) is 12.1 Å². The van der Waals surface area contributed by atoms with Crippen LogP contribution in [0.4, 0.5) is 9.52 Å². The van der Waals surface area contributed by atoms with Crippen molar-refractivity contribution in [3.8, 4) is 0 Å². The van der Waals surface area contributed by atoms with Gasteiger partial charge in [0.25, 0.3) is 0 Å². The summed E-state index contributed by atoms with van der Waals surface area (Å²) in [7, 11) is 0. The van der Waals surface area contributed by atoms with E-state index in [1.165, 1.54) is 36.5 Å². The first-order chi connectivity index (χ1) is 11.2. The fraction of sp³-hybridized carbons (Fsp3) is 0.438. The second-order valence-corrected chi connectivity index (χ2v) is 6.86. The minimum atomic E-state index is -0.260. The SMILES string of the molecule is O=C1C(Nc2nc(C3CC3)ns2)CCN1Cc1ccc(F)cc1. The number of carbonyl (C=O) groups is 1. The van der Waals surface area contributed by atoms with E-state index in [0.717, 1.165) is 22.9 Å². The third kappa shape index (κ3) is 3.19. The number of anilines is 1. The molecule has 1 amide bonds. The summed E-state index contributed by atoms with van der Waals surface area (Å²) in [5.74, 6) is 1.24. The van der Waals surface area contributed by atoms with E-state index < -0.39 is 0 Å². The van der Waals surface area contributed by atoms with Crippen LogP contribution in [0.25, 0.3) is 0 Å². The first kappa shape index (κ1) is 14.6. The van der Waals surface area contributed by atoms with Gasteiger partial charge in [-0.05, 0) is 37.0 Å². The third-order valence-electron chi connectivity index (χ3n) is 4.27. The summed E-state index contributed by atoms with van der Waals surface area (Å²) in [4.78, 5) is 18.8. The van der Waals surface area contributed by atoms with Crippen LogP contribution in [0.1, 0.15) is 36.6 Å². The zero-order valence-corrected chi connectivity index (χ0v) is 13.4. The number of amides is 1. The van der Waals surface area contributed by atoms with Crippen molar-refractivity contribution in [2.24, 2.45) is 0 Å². The number of nitrogens with zero attached hydrogens (tertiary/aromatic N) is 3. The number of carbonyl (C=O) groups excluding carboxylic acids is 1. The number of nitrogens with one attached hydrogen (secondary N) is 1. The van der Waals surface area contributed by atoms with E-state index in [4.69, 9.17) is 0 Å². The van der Waals surface area contributed by atoms with Gasteiger partial charge in [-0.2, -0.15) is 4.37 Å². The fourth-order valence-corrected chi connectivity index (χ4v) is 3.49. The summed E-state index contributed by atoms with van der Waals surface area (Å²) < 4.78 is 17.3. The zero-order chi connectivity index (χ0) is 15.8. The molecule has 23 heavy (non-hydrogen) atoms. The Morgan fingerprint density at radius 2 is 2.04 bits per heavy atom. The van der Waals surface area contributed by atoms with Gasteiger partial charge in [-0.15, -0.1) is 0 Å². The van der Waals surface area contributed by atoms with Crippen molar-refractivity contribution < 1.29 is 9.18 Å². The molecular formula is C16H17FN4OS. The molecule has 2 aromatic rings. The monoisotopic (exact) mass is 332 g/mol. The van der Waals surface area contributed by atoms with Crippen molar-refractivity contribution in [3.63, 3.8) is 0 Å². The molecule has 4 rings (SSSR count). The van der Waals surface area contributed by atoms with E-state index in [9.17, 15) is 9.18 Å². The van der Waals surface area contributed by atoms with Gasteiger partial charge < -0.3 is 10.2 Å². The van der Waals surface area contributed by atoms with Crippen molar-refractivity contribution in [2.45, 2.75) is 37.8 Å². The summed E-state index contributed by atoms with van der Waals surface area (Å²) in [6, 6.07) is 6.04. The smallest absolute Gasteiger partial charge is 0.245 e. The van der Waals surface area contributed by atoms with Gasteiger partial charge in [0, 0.05) is 30.5 Å². The molecule has 1 aromatic carbocycles. The molecule has 5 nitrogen and oxygen atoms in total. The predicted octanol–water partition coefficient (Wildman–Crippen LogP) is 2.77. The number of hydrogen-bond acceptors (Lipinski definition) is 5. The van der Waals surface area contributed by atoms with Crippen LogP contribution in [0.5, 0.6) is 0 Å². The Hall–Kier alpha value is -2.02. The maximum absolute atomic E-state index is 12.9. The van der Waals surface area contributed by atoms with Gasteiger partial charge in [-0.25, -0.2) is 9.37 Å². The van der Waals surface area contributed by atoms with E-state index in [-0.39, 0.29) is 17.8 Å². The molecule has 1 aliphatic carbocycles. The topological polar surface area (TPSA) is 58.1 Å². The highest BCUT2D eigenvalue weighted by atomic mass is 32.1. The third-order valence-corrected chi connectivity index (χ3v) is 4.93. The highest BCUT2D eigenvalue weighted by Crippen LogP contribution is 2.39. The summed E-state index contributed by atoms with van der Waals surface area (Å²) in [6.45, 7) is 1.21. The van der Waals surface area contributed by atoms with Crippen LogP contribution < -0.4 is 5.32 Å². The second-order valence-electron chi connectivity index (χ2n) is 6.10. The number of rotatable bonds is 5. The van der Waals surface area contributed by atoms with Gasteiger partial charge in [0.2, 0.25) is 11.0 Å². The fourth-order valence-electron chi connectivity index (χ4n) is 2.79. The highest BCUT2D eigenvalue weighted by molar-refractivity contribution is 7.09. The van der Waals surface area contributed by atoms with E-state index in [0.29, 0.717) is 19.0 Å². The molecule has 2 heterocycles. The van der Waals surface area contributed by atoms with Crippen molar-refractivity contribution in [1.82, 2.24) is 14.3 Å². The Bertz CT molecular complexity index is 713. The predicted molar refractivity (Wildman–Crippen MR) is 85.7 cm³/mol. The number of hydrogen-bond donors (Lipinski definition) is 1. The molecule has 1 saturated heterocycles. The maximum Gasteiger partial charge on any atom is 0.245 e. The van der Waals surface area contributed by atoms with Crippen LogP contribution in [-0.4, -0.2) is 32.8 Å². The lowest BCUT2D eigenvalue weighted by molar-refractivity contribution is -0.128.